The van der Waals surface area contributed by atoms with Gasteiger partial charge in [-0.25, -0.2) is 0 Å². The first kappa shape index (κ1) is 14.8. The van der Waals surface area contributed by atoms with Gasteiger partial charge in [-0.1, -0.05) is 33.1 Å². The third-order valence-electron chi connectivity index (χ3n) is 5.14. The molecule has 110 valence electrons. The molecule has 1 aliphatic heterocycles. The maximum Gasteiger partial charge on any atom is 0.308 e. The van der Waals surface area contributed by atoms with Crippen LogP contribution in [0.4, 0.5) is 0 Å². The van der Waals surface area contributed by atoms with Gasteiger partial charge in [0.05, 0.1) is 5.92 Å². The Morgan fingerprint density at radius 2 is 1.79 bits per heavy atom. The molecule has 3 nitrogen and oxygen atoms in total. The first-order valence-corrected chi connectivity index (χ1v) is 7.96. The summed E-state index contributed by atoms with van der Waals surface area (Å²) in [6, 6.07) is 0.286. The molecule has 1 saturated carbocycles. The molecule has 2 aliphatic rings. The minimum Gasteiger partial charge on any atom is -0.481 e. The summed E-state index contributed by atoms with van der Waals surface area (Å²) in [5, 5.41) is 9.51. The van der Waals surface area contributed by atoms with Gasteiger partial charge < -0.3 is 5.11 Å². The molecule has 0 aromatic carbocycles. The molecule has 2 rings (SSSR count). The van der Waals surface area contributed by atoms with Gasteiger partial charge in [0.25, 0.3) is 0 Å². The topological polar surface area (TPSA) is 40.5 Å². The molecule has 0 aromatic heterocycles. The SMILES string of the molecule is CC1(C)CCCN(C2CCCCCC2C(=O)O)CC1. The Bertz CT molecular complexity index is 314. The molecule has 0 amide bonds. The summed E-state index contributed by atoms with van der Waals surface area (Å²) in [5.74, 6) is -0.709. The van der Waals surface area contributed by atoms with Crippen LogP contribution in [0.3, 0.4) is 0 Å². The lowest BCUT2D eigenvalue weighted by atomic mass is 9.85. The number of aliphatic carboxylic acids is 1. The van der Waals surface area contributed by atoms with Crippen LogP contribution in [0.2, 0.25) is 0 Å². The van der Waals surface area contributed by atoms with E-state index in [0.29, 0.717) is 5.41 Å². The lowest BCUT2D eigenvalue weighted by Crippen LogP contribution is -2.43. The van der Waals surface area contributed by atoms with Crippen molar-refractivity contribution in [3.8, 4) is 0 Å². The van der Waals surface area contributed by atoms with Crippen LogP contribution in [0, 0.1) is 11.3 Å². The third kappa shape index (κ3) is 3.95. The number of carboxylic acid groups (broad SMARTS) is 1. The van der Waals surface area contributed by atoms with Crippen molar-refractivity contribution in [3.05, 3.63) is 0 Å². The Morgan fingerprint density at radius 3 is 2.53 bits per heavy atom. The van der Waals surface area contributed by atoms with E-state index in [9.17, 15) is 9.90 Å². The molecular weight excluding hydrogens is 238 g/mol. The molecule has 0 radical (unpaired) electrons. The van der Waals surface area contributed by atoms with Crippen molar-refractivity contribution in [1.29, 1.82) is 0 Å². The number of likely N-dealkylation sites (tertiary alicyclic amines) is 1. The highest BCUT2D eigenvalue weighted by Crippen LogP contribution is 2.34. The monoisotopic (exact) mass is 267 g/mol. The second kappa shape index (κ2) is 6.25. The second-order valence-electron chi connectivity index (χ2n) is 7.20. The number of hydrogen-bond acceptors (Lipinski definition) is 2. The van der Waals surface area contributed by atoms with Crippen molar-refractivity contribution in [3.63, 3.8) is 0 Å². The Labute approximate surface area is 117 Å². The number of nitrogens with zero attached hydrogens (tertiary/aromatic N) is 1. The normalized spacial score (nSPS) is 33.4. The zero-order valence-corrected chi connectivity index (χ0v) is 12.5. The molecule has 1 aliphatic carbocycles. The van der Waals surface area contributed by atoms with E-state index >= 15 is 0 Å². The van der Waals surface area contributed by atoms with Gasteiger partial charge in [-0.2, -0.15) is 0 Å². The molecule has 2 unspecified atom stereocenters. The van der Waals surface area contributed by atoms with Crippen LogP contribution in [0.1, 0.15) is 65.2 Å². The smallest absolute Gasteiger partial charge is 0.308 e. The number of carbonyl (C=O) groups is 1. The third-order valence-corrected chi connectivity index (χ3v) is 5.14. The molecule has 2 fully saturated rings. The van der Waals surface area contributed by atoms with Gasteiger partial charge in [0.1, 0.15) is 0 Å². The van der Waals surface area contributed by atoms with Crippen LogP contribution in [0.25, 0.3) is 0 Å². The molecule has 0 bridgehead atoms. The summed E-state index contributed by atoms with van der Waals surface area (Å²) in [6.07, 6.45) is 9.15. The fourth-order valence-electron chi connectivity index (χ4n) is 3.79. The maximum atomic E-state index is 11.5. The van der Waals surface area contributed by atoms with Crippen molar-refractivity contribution in [2.24, 2.45) is 11.3 Å². The van der Waals surface area contributed by atoms with Crippen LogP contribution in [0.5, 0.6) is 0 Å². The van der Waals surface area contributed by atoms with E-state index in [4.69, 9.17) is 0 Å². The van der Waals surface area contributed by atoms with Crippen LogP contribution >= 0.6 is 0 Å². The number of carboxylic acids is 1. The van der Waals surface area contributed by atoms with E-state index in [0.717, 1.165) is 32.4 Å². The molecule has 1 heterocycles. The molecule has 2 atom stereocenters. The molecule has 19 heavy (non-hydrogen) atoms. The standard InChI is InChI=1S/C16H29NO2/c1-16(2)9-6-11-17(12-10-16)14-8-5-3-4-7-13(14)15(18)19/h13-14H,3-12H2,1-2H3,(H,18,19). The largest absolute Gasteiger partial charge is 0.481 e. The van der Waals surface area contributed by atoms with E-state index in [1.165, 1.54) is 32.1 Å². The highest BCUT2D eigenvalue weighted by molar-refractivity contribution is 5.70. The average molecular weight is 267 g/mol. The van der Waals surface area contributed by atoms with Gasteiger partial charge in [0.2, 0.25) is 0 Å². The lowest BCUT2D eigenvalue weighted by molar-refractivity contribution is -0.144. The molecule has 1 saturated heterocycles. The Hall–Kier alpha value is -0.570. The van der Waals surface area contributed by atoms with Crippen molar-refractivity contribution in [2.75, 3.05) is 13.1 Å². The van der Waals surface area contributed by atoms with Gasteiger partial charge in [0.15, 0.2) is 0 Å². The zero-order valence-electron chi connectivity index (χ0n) is 12.5. The Balaban J connectivity index is 2.06. The minimum absolute atomic E-state index is 0.135. The van der Waals surface area contributed by atoms with Gasteiger partial charge in [-0.3, -0.25) is 9.69 Å². The highest BCUT2D eigenvalue weighted by atomic mass is 16.4. The van der Waals surface area contributed by atoms with Gasteiger partial charge in [-0.15, -0.1) is 0 Å². The first-order chi connectivity index (χ1) is 8.99. The molecule has 0 aromatic rings. The van der Waals surface area contributed by atoms with E-state index in [1.807, 2.05) is 0 Å². The maximum absolute atomic E-state index is 11.5. The van der Waals surface area contributed by atoms with E-state index in [-0.39, 0.29) is 12.0 Å². The van der Waals surface area contributed by atoms with E-state index in [2.05, 4.69) is 18.7 Å². The van der Waals surface area contributed by atoms with E-state index < -0.39 is 5.97 Å². The average Bonchev–Trinajstić information content (AvgIpc) is 2.66. The van der Waals surface area contributed by atoms with Crippen LogP contribution in [-0.4, -0.2) is 35.1 Å². The number of hydrogen-bond donors (Lipinski definition) is 1. The van der Waals surface area contributed by atoms with Gasteiger partial charge in [0, 0.05) is 6.04 Å². The highest BCUT2D eigenvalue weighted by Gasteiger charge is 2.35. The fraction of sp³-hybridized carbons (Fsp3) is 0.938. The van der Waals surface area contributed by atoms with Crippen LogP contribution in [0.15, 0.2) is 0 Å². The molecular formula is C16H29NO2. The van der Waals surface area contributed by atoms with Gasteiger partial charge >= 0.3 is 5.97 Å². The summed E-state index contributed by atoms with van der Waals surface area (Å²) in [4.78, 5) is 14.0. The van der Waals surface area contributed by atoms with Crippen molar-refractivity contribution >= 4 is 5.97 Å². The molecule has 3 heteroatoms. The van der Waals surface area contributed by atoms with Gasteiger partial charge in [-0.05, 0) is 50.6 Å². The summed E-state index contributed by atoms with van der Waals surface area (Å²) in [7, 11) is 0. The fourth-order valence-corrected chi connectivity index (χ4v) is 3.79. The summed E-state index contributed by atoms with van der Waals surface area (Å²) >= 11 is 0. The summed E-state index contributed by atoms with van der Waals surface area (Å²) in [6.45, 7) is 6.87. The van der Waals surface area contributed by atoms with Crippen LogP contribution in [-0.2, 0) is 4.79 Å². The molecule has 0 spiro atoms. The predicted molar refractivity (Wildman–Crippen MR) is 77.2 cm³/mol. The Morgan fingerprint density at radius 1 is 1.05 bits per heavy atom. The van der Waals surface area contributed by atoms with E-state index in [1.54, 1.807) is 0 Å². The molecule has 1 N–H and O–H groups in total. The van der Waals surface area contributed by atoms with Crippen molar-refractivity contribution < 1.29 is 9.90 Å². The zero-order chi connectivity index (χ0) is 13.9. The minimum atomic E-state index is -0.574. The lowest BCUT2D eigenvalue weighted by Gasteiger charge is -2.34. The quantitative estimate of drug-likeness (QED) is 0.778. The van der Waals surface area contributed by atoms with Crippen LogP contribution < -0.4 is 0 Å². The predicted octanol–water partition coefficient (Wildman–Crippen LogP) is 3.53. The summed E-state index contributed by atoms with van der Waals surface area (Å²) < 4.78 is 0. The van der Waals surface area contributed by atoms with Crippen molar-refractivity contribution in [1.82, 2.24) is 4.90 Å². The Kier molecular flexibility index (Phi) is 4.88. The first-order valence-electron chi connectivity index (χ1n) is 7.96. The summed E-state index contributed by atoms with van der Waals surface area (Å²) in [5.41, 5.74) is 0.429. The second-order valence-corrected chi connectivity index (χ2v) is 7.20. The van der Waals surface area contributed by atoms with Crippen molar-refractivity contribution in [2.45, 2.75) is 71.3 Å². The number of rotatable bonds is 2.